The van der Waals surface area contributed by atoms with E-state index in [0.717, 1.165) is 6.07 Å². The standard InChI is InChI=1S/C15H22FN3O4S.ClH/c1-23-14-5-4-12(9-13(14)16)24(21,22)19-8-2-3-11(10-19)15(20)18-7-6-17;/h4-5,9,11H,2-3,6-8,10,17H2,1H3,(H,18,20);1H. The topological polar surface area (TPSA) is 102 Å². The van der Waals surface area contributed by atoms with E-state index in [9.17, 15) is 17.6 Å². The van der Waals surface area contributed by atoms with Crippen LogP contribution in [0, 0.1) is 11.7 Å². The van der Waals surface area contributed by atoms with Gasteiger partial charge in [0.25, 0.3) is 0 Å². The molecule has 1 aliphatic rings. The summed E-state index contributed by atoms with van der Waals surface area (Å²) in [6.45, 7) is 1.06. The summed E-state index contributed by atoms with van der Waals surface area (Å²) in [4.78, 5) is 11.9. The Morgan fingerprint density at radius 1 is 1.48 bits per heavy atom. The van der Waals surface area contributed by atoms with Crippen molar-refractivity contribution in [3.8, 4) is 5.75 Å². The molecule has 1 heterocycles. The first-order valence-corrected chi connectivity index (χ1v) is 9.15. The molecule has 1 atom stereocenters. The molecule has 1 amide bonds. The Hall–Kier alpha value is -1.42. The molecule has 2 rings (SSSR count). The number of amides is 1. The van der Waals surface area contributed by atoms with Crippen molar-refractivity contribution in [3.63, 3.8) is 0 Å². The predicted molar refractivity (Wildman–Crippen MR) is 93.7 cm³/mol. The summed E-state index contributed by atoms with van der Waals surface area (Å²) in [6.07, 6.45) is 1.18. The van der Waals surface area contributed by atoms with E-state index in [-0.39, 0.29) is 35.5 Å². The average Bonchev–Trinajstić information content (AvgIpc) is 2.59. The molecule has 25 heavy (non-hydrogen) atoms. The molecule has 3 N–H and O–H groups in total. The normalized spacial score (nSPS) is 18.3. The van der Waals surface area contributed by atoms with Gasteiger partial charge >= 0.3 is 0 Å². The Kier molecular flexibility index (Phi) is 8.07. The molecule has 10 heteroatoms. The molecule has 142 valence electrons. The van der Waals surface area contributed by atoms with Crippen molar-refractivity contribution in [2.45, 2.75) is 17.7 Å². The highest BCUT2D eigenvalue weighted by molar-refractivity contribution is 7.89. The summed E-state index contributed by atoms with van der Waals surface area (Å²) < 4.78 is 45.2. The zero-order valence-corrected chi connectivity index (χ0v) is 15.5. The van der Waals surface area contributed by atoms with E-state index in [0.29, 0.717) is 32.5 Å². The maximum atomic E-state index is 13.8. The summed E-state index contributed by atoms with van der Waals surface area (Å²) in [5.74, 6) is -1.40. The van der Waals surface area contributed by atoms with Crippen molar-refractivity contribution >= 4 is 28.3 Å². The van der Waals surface area contributed by atoms with E-state index in [1.165, 1.54) is 23.5 Å². The average molecular weight is 396 g/mol. The molecule has 1 aromatic carbocycles. The molecule has 1 unspecified atom stereocenters. The second kappa shape index (κ2) is 9.33. The first kappa shape index (κ1) is 21.6. The van der Waals surface area contributed by atoms with E-state index in [2.05, 4.69) is 5.32 Å². The van der Waals surface area contributed by atoms with Gasteiger partial charge in [-0.3, -0.25) is 4.79 Å². The zero-order chi connectivity index (χ0) is 17.7. The Bertz CT molecular complexity index is 702. The van der Waals surface area contributed by atoms with Crippen LogP contribution in [0.3, 0.4) is 0 Å². The monoisotopic (exact) mass is 395 g/mol. The van der Waals surface area contributed by atoms with Gasteiger partial charge in [0, 0.05) is 26.2 Å². The summed E-state index contributed by atoms with van der Waals surface area (Å²) in [5, 5.41) is 2.68. The van der Waals surface area contributed by atoms with Gasteiger partial charge in [-0.25, -0.2) is 12.8 Å². The van der Waals surface area contributed by atoms with Crippen molar-refractivity contribution in [2.75, 3.05) is 33.3 Å². The van der Waals surface area contributed by atoms with Crippen LogP contribution in [-0.4, -0.2) is 51.9 Å². The van der Waals surface area contributed by atoms with Crippen LogP contribution in [-0.2, 0) is 14.8 Å². The number of ether oxygens (including phenoxy) is 1. The predicted octanol–water partition coefficient (Wildman–Crippen LogP) is 0.732. The van der Waals surface area contributed by atoms with E-state index in [4.69, 9.17) is 10.5 Å². The van der Waals surface area contributed by atoms with Crippen molar-refractivity contribution in [1.82, 2.24) is 9.62 Å². The highest BCUT2D eigenvalue weighted by atomic mass is 35.5. The Labute approximate surface area is 153 Å². The van der Waals surface area contributed by atoms with Gasteiger partial charge < -0.3 is 15.8 Å². The molecule has 0 radical (unpaired) electrons. The fourth-order valence-electron chi connectivity index (χ4n) is 2.67. The highest BCUT2D eigenvalue weighted by Crippen LogP contribution is 2.26. The Morgan fingerprint density at radius 3 is 2.80 bits per heavy atom. The smallest absolute Gasteiger partial charge is 0.243 e. The summed E-state index contributed by atoms with van der Waals surface area (Å²) in [7, 11) is -2.56. The van der Waals surface area contributed by atoms with Crippen LogP contribution in [0.25, 0.3) is 0 Å². The number of halogens is 2. The molecule has 1 fully saturated rings. The van der Waals surface area contributed by atoms with Crippen molar-refractivity contribution in [3.05, 3.63) is 24.0 Å². The number of sulfonamides is 1. The van der Waals surface area contributed by atoms with Crippen LogP contribution in [0.1, 0.15) is 12.8 Å². The van der Waals surface area contributed by atoms with Crippen LogP contribution in [0.15, 0.2) is 23.1 Å². The molecule has 0 aromatic heterocycles. The summed E-state index contributed by atoms with van der Waals surface area (Å²) >= 11 is 0. The molecule has 1 saturated heterocycles. The van der Waals surface area contributed by atoms with Gasteiger partial charge in [-0.15, -0.1) is 12.4 Å². The number of benzene rings is 1. The summed E-state index contributed by atoms with van der Waals surface area (Å²) in [5.41, 5.74) is 5.35. The largest absolute Gasteiger partial charge is 0.494 e. The van der Waals surface area contributed by atoms with Crippen LogP contribution >= 0.6 is 12.4 Å². The molecule has 1 aliphatic heterocycles. The number of hydrogen-bond acceptors (Lipinski definition) is 5. The van der Waals surface area contributed by atoms with Crippen LogP contribution in [0.2, 0.25) is 0 Å². The molecule has 7 nitrogen and oxygen atoms in total. The van der Waals surface area contributed by atoms with E-state index in [1.807, 2.05) is 0 Å². The Morgan fingerprint density at radius 2 is 2.20 bits per heavy atom. The summed E-state index contributed by atoms with van der Waals surface area (Å²) in [6, 6.07) is 3.51. The lowest BCUT2D eigenvalue weighted by atomic mass is 9.99. The third-order valence-corrected chi connectivity index (χ3v) is 5.82. The number of piperidine rings is 1. The minimum absolute atomic E-state index is 0. The van der Waals surface area contributed by atoms with Gasteiger partial charge in [0.2, 0.25) is 15.9 Å². The number of nitrogens with zero attached hydrogens (tertiary/aromatic N) is 1. The van der Waals surface area contributed by atoms with E-state index < -0.39 is 21.8 Å². The molecular weight excluding hydrogens is 373 g/mol. The zero-order valence-electron chi connectivity index (χ0n) is 13.9. The number of nitrogens with one attached hydrogen (secondary N) is 1. The van der Waals surface area contributed by atoms with Crippen molar-refractivity contribution in [1.29, 1.82) is 0 Å². The first-order valence-electron chi connectivity index (χ1n) is 7.71. The van der Waals surface area contributed by atoms with Gasteiger partial charge in [0.1, 0.15) is 0 Å². The minimum atomic E-state index is -3.86. The number of carbonyl (C=O) groups excluding carboxylic acids is 1. The Balaban J connectivity index is 0.00000312. The quantitative estimate of drug-likeness (QED) is 0.739. The second-order valence-corrected chi connectivity index (χ2v) is 7.52. The van der Waals surface area contributed by atoms with Gasteiger partial charge in [0.05, 0.1) is 17.9 Å². The third kappa shape index (κ3) is 5.04. The molecule has 0 bridgehead atoms. The number of methoxy groups -OCH3 is 1. The van der Waals surface area contributed by atoms with Gasteiger partial charge in [-0.1, -0.05) is 0 Å². The lowest BCUT2D eigenvalue weighted by Gasteiger charge is -2.31. The van der Waals surface area contributed by atoms with Crippen LogP contribution in [0.4, 0.5) is 4.39 Å². The van der Waals surface area contributed by atoms with Gasteiger partial charge in [-0.05, 0) is 31.0 Å². The first-order chi connectivity index (χ1) is 11.4. The van der Waals surface area contributed by atoms with Crippen LogP contribution in [0.5, 0.6) is 5.75 Å². The number of carbonyl (C=O) groups is 1. The lowest BCUT2D eigenvalue weighted by molar-refractivity contribution is -0.126. The van der Waals surface area contributed by atoms with Crippen molar-refractivity contribution < 1.29 is 22.3 Å². The van der Waals surface area contributed by atoms with Gasteiger partial charge in [0.15, 0.2) is 11.6 Å². The van der Waals surface area contributed by atoms with Crippen LogP contribution < -0.4 is 15.8 Å². The maximum absolute atomic E-state index is 13.8. The SMILES string of the molecule is COc1ccc(S(=O)(=O)N2CCCC(C(=O)NCCN)C2)cc1F.Cl. The fraction of sp³-hybridized carbons (Fsp3) is 0.533. The molecule has 0 aliphatic carbocycles. The fourth-order valence-corrected chi connectivity index (χ4v) is 4.21. The highest BCUT2D eigenvalue weighted by Gasteiger charge is 2.33. The minimum Gasteiger partial charge on any atom is -0.494 e. The number of nitrogens with two attached hydrogens (primary N) is 1. The number of hydrogen-bond donors (Lipinski definition) is 2. The van der Waals surface area contributed by atoms with E-state index >= 15 is 0 Å². The number of rotatable bonds is 6. The maximum Gasteiger partial charge on any atom is 0.243 e. The molecule has 1 aromatic rings. The lowest BCUT2D eigenvalue weighted by Crippen LogP contribution is -2.46. The molecular formula is C15H23ClFN3O4S. The molecule has 0 spiro atoms. The van der Waals surface area contributed by atoms with Crippen molar-refractivity contribution in [2.24, 2.45) is 11.7 Å². The second-order valence-electron chi connectivity index (χ2n) is 5.58. The van der Waals surface area contributed by atoms with Gasteiger partial charge in [-0.2, -0.15) is 4.31 Å². The van der Waals surface area contributed by atoms with E-state index in [1.54, 1.807) is 0 Å². The molecule has 0 saturated carbocycles. The third-order valence-electron chi connectivity index (χ3n) is 3.96.